The molecule has 7 rings (SSSR count). The van der Waals surface area contributed by atoms with Crippen LogP contribution >= 0.6 is 0 Å². The van der Waals surface area contributed by atoms with Crippen LogP contribution in [0.4, 0.5) is 0 Å². The first-order chi connectivity index (χ1) is 13.7. The molecule has 0 saturated heterocycles. The molecule has 2 saturated carbocycles. The number of methoxy groups -OCH3 is 2. The minimum Gasteiger partial charge on any atom is -0.352 e. The van der Waals surface area contributed by atoms with Gasteiger partial charge >= 0.3 is 0 Å². The van der Waals surface area contributed by atoms with Gasteiger partial charge in [-0.1, -0.05) is 48.6 Å². The maximum absolute atomic E-state index is 6.04. The largest absolute Gasteiger partial charge is 0.352 e. The molecule has 0 spiro atoms. The van der Waals surface area contributed by atoms with Crippen LogP contribution in [0.1, 0.15) is 29.4 Å². The third-order valence-corrected chi connectivity index (χ3v) is 8.51. The van der Waals surface area contributed by atoms with E-state index < -0.39 is 5.79 Å². The van der Waals surface area contributed by atoms with Crippen LogP contribution < -0.4 is 0 Å². The molecule has 0 N–H and O–H groups in total. The molecule has 0 aliphatic heterocycles. The summed E-state index contributed by atoms with van der Waals surface area (Å²) in [5.74, 6) is 2.93. The number of rotatable bonds is 2. The van der Waals surface area contributed by atoms with Crippen LogP contribution in [0.15, 0.2) is 60.7 Å². The fourth-order valence-electron chi connectivity index (χ4n) is 7.59. The van der Waals surface area contributed by atoms with Gasteiger partial charge in [0.1, 0.15) is 0 Å². The summed E-state index contributed by atoms with van der Waals surface area (Å²) >= 11 is 0. The lowest BCUT2D eigenvalue weighted by Gasteiger charge is -2.33. The molecule has 0 amide bonds. The van der Waals surface area contributed by atoms with Gasteiger partial charge in [0.25, 0.3) is 0 Å². The highest BCUT2D eigenvalue weighted by Crippen LogP contribution is 2.73. The molecular weight excluding hydrogens is 344 g/mol. The molecular formula is C26H24O2. The lowest BCUT2D eigenvalue weighted by molar-refractivity contribution is -0.235. The average Bonchev–Trinajstić information content (AvgIpc) is 3.46. The number of benzene rings is 3. The van der Waals surface area contributed by atoms with E-state index in [9.17, 15) is 0 Å². The van der Waals surface area contributed by atoms with Gasteiger partial charge in [0.2, 0.25) is 0 Å². The summed E-state index contributed by atoms with van der Waals surface area (Å²) in [5, 5.41) is 5.42. The molecule has 3 aromatic rings. The standard InChI is InChI=1S/C26H24O2/c1-27-26(28-2)22-7-8-23(26)25-21-13-20(24(22)25)18-11-16-9-14-5-3-4-6-15(14)10-17(16)12-19(18)21/h3-12,20-25H,13H2,1-2H3/t20-,21+,22-,23+,24+,25-. The van der Waals surface area contributed by atoms with Gasteiger partial charge in [0.05, 0.1) is 0 Å². The van der Waals surface area contributed by atoms with E-state index in [-0.39, 0.29) is 0 Å². The van der Waals surface area contributed by atoms with Crippen molar-refractivity contribution in [2.75, 3.05) is 14.2 Å². The molecule has 2 fully saturated rings. The molecule has 3 aromatic carbocycles. The molecule has 6 atom stereocenters. The van der Waals surface area contributed by atoms with Crippen molar-refractivity contribution in [3.05, 3.63) is 71.8 Å². The Morgan fingerprint density at radius 1 is 0.714 bits per heavy atom. The first kappa shape index (κ1) is 15.7. The van der Waals surface area contributed by atoms with Crippen LogP contribution in [0.5, 0.6) is 0 Å². The Morgan fingerprint density at radius 3 is 1.68 bits per heavy atom. The highest BCUT2D eigenvalue weighted by Gasteiger charge is 2.70. The first-order valence-electron chi connectivity index (χ1n) is 10.5. The predicted octanol–water partition coefficient (Wildman–Crippen LogP) is 5.61. The van der Waals surface area contributed by atoms with Crippen molar-refractivity contribution >= 4 is 21.5 Å². The average molecular weight is 368 g/mol. The lowest BCUT2D eigenvalue weighted by atomic mass is 9.70. The molecule has 2 nitrogen and oxygen atoms in total. The minimum absolute atomic E-state index is 0.382. The Morgan fingerprint density at radius 2 is 1.21 bits per heavy atom. The Bertz CT molecular complexity index is 1090. The van der Waals surface area contributed by atoms with E-state index in [1.54, 1.807) is 11.1 Å². The van der Waals surface area contributed by atoms with Crippen LogP contribution in [-0.4, -0.2) is 20.0 Å². The van der Waals surface area contributed by atoms with Crippen molar-refractivity contribution in [1.82, 2.24) is 0 Å². The van der Waals surface area contributed by atoms with Crippen LogP contribution in [-0.2, 0) is 9.47 Å². The smallest absolute Gasteiger partial charge is 0.180 e. The summed E-state index contributed by atoms with van der Waals surface area (Å²) in [7, 11) is 3.65. The van der Waals surface area contributed by atoms with Gasteiger partial charge in [-0.05, 0) is 74.9 Å². The summed E-state index contributed by atoms with van der Waals surface area (Å²) in [5.41, 5.74) is 3.19. The van der Waals surface area contributed by atoms with Gasteiger partial charge in [-0.25, -0.2) is 0 Å². The minimum atomic E-state index is -0.442. The fraction of sp³-hybridized carbons (Fsp3) is 0.385. The van der Waals surface area contributed by atoms with Crippen LogP contribution in [0.3, 0.4) is 0 Å². The zero-order chi connectivity index (χ0) is 18.6. The van der Waals surface area contributed by atoms with Crippen molar-refractivity contribution in [2.24, 2.45) is 23.7 Å². The highest BCUT2D eigenvalue weighted by molar-refractivity contribution is 5.99. The van der Waals surface area contributed by atoms with Gasteiger partial charge in [0.15, 0.2) is 5.79 Å². The molecule has 0 aromatic heterocycles. The predicted molar refractivity (Wildman–Crippen MR) is 111 cm³/mol. The van der Waals surface area contributed by atoms with E-state index in [0.717, 1.165) is 0 Å². The van der Waals surface area contributed by atoms with Crippen molar-refractivity contribution < 1.29 is 9.47 Å². The SMILES string of the molecule is COC1(OC)[C@@H]2C=C[C@H]1[C@@H]1[C@H]2[C@@H]2C[C@H]1c1cc3cc4ccccc4cc3cc12. The van der Waals surface area contributed by atoms with Gasteiger partial charge in [0, 0.05) is 26.1 Å². The van der Waals surface area contributed by atoms with Gasteiger partial charge in [-0.2, -0.15) is 0 Å². The van der Waals surface area contributed by atoms with Crippen LogP contribution in [0, 0.1) is 23.7 Å². The van der Waals surface area contributed by atoms with Gasteiger partial charge in [-0.3, -0.25) is 0 Å². The third-order valence-electron chi connectivity index (χ3n) is 8.51. The second-order valence-corrected chi connectivity index (χ2v) is 9.20. The Hall–Kier alpha value is -2.16. The maximum Gasteiger partial charge on any atom is 0.180 e. The zero-order valence-electron chi connectivity index (χ0n) is 16.3. The molecule has 0 unspecified atom stereocenters. The topological polar surface area (TPSA) is 18.5 Å². The van der Waals surface area contributed by atoms with E-state index in [1.807, 2.05) is 14.2 Å². The summed E-state index contributed by atoms with van der Waals surface area (Å²) < 4.78 is 12.1. The second-order valence-electron chi connectivity index (χ2n) is 9.20. The Balaban J connectivity index is 1.41. The number of fused-ring (bicyclic) bond motifs is 14. The lowest BCUT2D eigenvalue weighted by Crippen LogP contribution is -2.41. The number of ether oxygens (including phenoxy) is 2. The Labute approximate surface area is 165 Å². The number of hydrogen-bond donors (Lipinski definition) is 0. The van der Waals surface area contributed by atoms with Crippen molar-refractivity contribution in [1.29, 1.82) is 0 Å². The fourth-order valence-corrected chi connectivity index (χ4v) is 7.59. The summed E-state index contributed by atoms with van der Waals surface area (Å²) in [6.45, 7) is 0. The molecule has 0 radical (unpaired) electrons. The molecule has 28 heavy (non-hydrogen) atoms. The maximum atomic E-state index is 6.04. The number of hydrogen-bond acceptors (Lipinski definition) is 2. The monoisotopic (exact) mass is 368 g/mol. The van der Waals surface area contributed by atoms with Crippen molar-refractivity contribution in [3.8, 4) is 0 Å². The summed E-state index contributed by atoms with van der Waals surface area (Å²) in [4.78, 5) is 0. The Kier molecular flexibility index (Phi) is 2.84. The van der Waals surface area contributed by atoms with E-state index in [0.29, 0.717) is 35.5 Å². The van der Waals surface area contributed by atoms with E-state index in [4.69, 9.17) is 9.47 Å². The third kappa shape index (κ3) is 1.61. The van der Waals surface area contributed by atoms with Gasteiger partial charge < -0.3 is 9.47 Å². The quantitative estimate of drug-likeness (QED) is 0.253. The van der Waals surface area contributed by atoms with Gasteiger partial charge in [-0.15, -0.1) is 0 Å². The molecule has 2 heteroatoms. The van der Waals surface area contributed by atoms with E-state index >= 15 is 0 Å². The van der Waals surface area contributed by atoms with Crippen molar-refractivity contribution in [2.45, 2.75) is 24.0 Å². The summed E-state index contributed by atoms with van der Waals surface area (Å²) in [6.07, 6.45) is 6.07. The molecule has 4 aliphatic carbocycles. The molecule has 140 valence electrons. The zero-order valence-corrected chi connectivity index (χ0v) is 16.3. The van der Waals surface area contributed by atoms with E-state index in [1.165, 1.54) is 28.0 Å². The van der Waals surface area contributed by atoms with E-state index in [2.05, 4.69) is 60.7 Å². The summed E-state index contributed by atoms with van der Waals surface area (Å²) in [6, 6.07) is 18.4. The second kappa shape index (κ2) is 5.06. The van der Waals surface area contributed by atoms with Crippen LogP contribution in [0.2, 0.25) is 0 Å². The highest BCUT2D eigenvalue weighted by atomic mass is 16.7. The van der Waals surface area contributed by atoms with Crippen LogP contribution in [0.25, 0.3) is 21.5 Å². The molecule has 0 heterocycles. The molecule has 4 aliphatic rings. The molecule has 4 bridgehead atoms. The first-order valence-corrected chi connectivity index (χ1v) is 10.5. The van der Waals surface area contributed by atoms with Crippen molar-refractivity contribution in [3.63, 3.8) is 0 Å². The normalized spacial score (nSPS) is 35.8.